The molecule has 0 unspecified atom stereocenters. The van der Waals surface area contributed by atoms with Gasteiger partial charge in [-0.2, -0.15) is 10.5 Å². The van der Waals surface area contributed by atoms with Gasteiger partial charge in [-0.05, 0) is 34.3 Å². The molecule has 0 saturated carbocycles. The Hall–Kier alpha value is -0.970. The summed E-state index contributed by atoms with van der Waals surface area (Å²) in [7, 11) is 0. The van der Waals surface area contributed by atoms with Crippen LogP contribution in [-0.2, 0) is 0 Å². The molecule has 0 radical (unpaired) electrons. The third kappa shape index (κ3) is 2.03. The van der Waals surface area contributed by atoms with E-state index < -0.39 is 0 Å². The molecule has 0 aliphatic heterocycles. The Kier molecular flexibility index (Phi) is 3.36. The van der Waals surface area contributed by atoms with Gasteiger partial charge in [0.25, 0.3) is 0 Å². The van der Waals surface area contributed by atoms with Crippen molar-refractivity contribution in [2.75, 3.05) is 6.26 Å². The highest BCUT2D eigenvalue weighted by molar-refractivity contribution is 9.10. The van der Waals surface area contributed by atoms with Crippen molar-refractivity contribution >= 4 is 27.7 Å². The van der Waals surface area contributed by atoms with Gasteiger partial charge in [-0.25, -0.2) is 0 Å². The highest BCUT2D eigenvalue weighted by Gasteiger charge is 2.06. The monoisotopic (exact) mass is 252 g/mol. The van der Waals surface area contributed by atoms with Crippen LogP contribution in [0.4, 0.5) is 0 Å². The predicted molar refractivity (Wildman–Crippen MR) is 55.4 cm³/mol. The second-order valence-corrected chi connectivity index (χ2v) is 3.96. The van der Waals surface area contributed by atoms with Gasteiger partial charge in [-0.15, -0.1) is 11.8 Å². The first-order chi connectivity index (χ1) is 6.22. The lowest BCUT2D eigenvalue weighted by Crippen LogP contribution is -1.85. The highest BCUT2D eigenvalue weighted by Crippen LogP contribution is 2.28. The second-order valence-electron chi connectivity index (χ2n) is 2.26. The molecular weight excluding hydrogens is 248 g/mol. The molecule has 1 aromatic rings. The number of thioether (sulfide) groups is 1. The number of nitriles is 2. The van der Waals surface area contributed by atoms with Crippen molar-refractivity contribution < 1.29 is 0 Å². The standard InChI is InChI=1S/C9H5BrN2S/c1-13-9-3-7(5-12)6(4-11)2-8(9)10/h2-3H,1H3. The highest BCUT2D eigenvalue weighted by atomic mass is 79.9. The van der Waals surface area contributed by atoms with Gasteiger partial charge in [0, 0.05) is 9.37 Å². The van der Waals surface area contributed by atoms with Gasteiger partial charge in [0.2, 0.25) is 0 Å². The van der Waals surface area contributed by atoms with Crippen molar-refractivity contribution in [3.8, 4) is 12.1 Å². The van der Waals surface area contributed by atoms with E-state index in [9.17, 15) is 0 Å². The third-order valence-electron chi connectivity index (χ3n) is 1.53. The zero-order valence-corrected chi connectivity index (χ0v) is 9.24. The summed E-state index contributed by atoms with van der Waals surface area (Å²) in [5, 5.41) is 17.4. The fourth-order valence-corrected chi connectivity index (χ4v) is 2.21. The van der Waals surface area contributed by atoms with Gasteiger partial charge in [-0.1, -0.05) is 0 Å². The van der Waals surface area contributed by atoms with Crippen LogP contribution < -0.4 is 0 Å². The molecular formula is C9H5BrN2S. The van der Waals surface area contributed by atoms with E-state index in [0.717, 1.165) is 9.37 Å². The largest absolute Gasteiger partial charge is 0.192 e. The number of halogens is 1. The maximum Gasteiger partial charge on any atom is 0.101 e. The van der Waals surface area contributed by atoms with Crippen LogP contribution in [0.5, 0.6) is 0 Å². The maximum absolute atomic E-state index is 8.73. The van der Waals surface area contributed by atoms with Crippen LogP contribution in [0.15, 0.2) is 21.5 Å². The van der Waals surface area contributed by atoms with Crippen molar-refractivity contribution in [3.05, 3.63) is 27.7 Å². The summed E-state index contributed by atoms with van der Waals surface area (Å²) >= 11 is 4.87. The Bertz CT molecular complexity index is 415. The average Bonchev–Trinajstić information content (AvgIpc) is 2.17. The van der Waals surface area contributed by atoms with Crippen LogP contribution in [0.1, 0.15) is 11.1 Å². The lowest BCUT2D eigenvalue weighted by molar-refractivity contribution is 1.33. The Morgan fingerprint density at radius 3 is 2.23 bits per heavy atom. The van der Waals surface area contributed by atoms with Gasteiger partial charge in [-0.3, -0.25) is 0 Å². The molecule has 0 amide bonds. The molecule has 0 N–H and O–H groups in total. The van der Waals surface area contributed by atoms with E-state index in [1.54, 1.807) is 12.1 Å². The zero-order valence-electron chi connectivity index (χ0n) is 6.84. The number of hydrogen-bond acceptors (Lipinski definition) is 3. The summed E-state index contributed by atoms with van der Waals surface area (Å²) in [6.07, 6.45) is 1.92. The quantitative estimate of drug-likeness (QED) is 0.723. The minimum absolute atomic E-state index is 0.409. The van der Waals surface area contributed by atoms with Crippen molar-refractivity contribution in [1.29, 1.82) is 10.5 Å². The smallest absolute Gasteiger partial charge is 0.101 e. The van der Waals surface area contributed by atoms with Gasteiger partial charge < -0.3 is 0 Å². The van der Waals surface area contributed by atoms with Crippen LogP contribution in [0.25, 0.3) is 0 Å². The summed E-state index contributed by atoms with van der Waals surface area (Å²) in [5.74, 6) is 0. The first-order valence-corrected chi connectivity index (χ1v) is 5.42. The molecule has 0 saturated heterocycles. The number of hydrogen-bond donors (Lipinski definition) is 0. The second kappa shape index (κ2) is 4.32. The van der Waals surface area contributed by atoms with Crippen LogP contribution in [0, 0.1) is 22.7 Å². The Balaban J connectivity index is 3.39. The van der Waals surface area contributed by atoms with Crippen LogP contribution >= 0.6 is 27.7 Å². The molecule has 0 aliphatic rings. The number of rotatable bonds is 1. The van der Waals surface area contributed by atoms with Crippen molar-refractivity contribution in [2.45, 2.75) is 4.90 Å². The molecule has 0 aromatic heterocycles. The molecule has 4 heteroatoms. The van der Waals surface area contributed by atoms with E-state index in [1.165, 1.54) is 11.8 Å². The van der Waals surface area contributed by atoms with Gasteiger partial charge in [0.15, 0.2) is 0 Å². The maximum atomic E-state index is 8.73. The summed E-state index contributed by atoms with van der Waals surface area (Å²) in [5.41, 5.74) is 0.835. The molecule has 1 aromatic carbocycles. The van der Waals surface area contributed by atoms with Crippen LogP contribution in [0.3, 0.4) is 0 Å². The van der Waals surface area contributed by atoms with E-state index in [1.807, 2.05) is 18.4 Å². The lowest BCUT2D eigenvalue weighted by atomic mass is 10.1. The lowest BCUT2D eigenvalue weighted by Gasteiger charge is -2.01. The summed E-state index contributed by atoms with van der Waals surface area (Å²) in [6.45, 7) is 0. The topological polar surface area (TPSA) is 47.6 Å². The Labute approximate surface area is 89.3 Å². The summed E-state index contributed by atoms with van der Waals surface area (Å²) in [4.78, 5) is 0.968. The fourth-order valence-electron chi connectivity index (χ4n) is 0.895. The normalized spacial score (nSPS) is 8.92. The van der Waals surface area contributed by atoms with Crippen molar-refractivity contribution in [2.24, 2.45) is 0 Å². The van der Waals surface area contributed by atoms with E-state index >= 15 is 0 Å². The van der Waals surface area contributed by atoms with Gasteiger partial charge in [0.1, 0.15) is 12.1 Å². The Morgan fingerprint density at radius 1 is 1.23 bits per heavy atom. The minimum Gasteiger partial charge on any atom is -0.192 e. The predicted octanol–water partition coefficient (Wildman–Crippen LogP) is 2.91. The fraction of sp³-hybridized carbons (Fsp3) is 0.111. The molecule has 64 valence electrons. The zero-order chi connectivity index (χ0) is 9.84. The van der Waals surface area contributed by atoms with E-state index in [-0.39, 0.29) is 0 Å². The van der Waals surface area contributed by atoms with Gasteiger partial charge >= 0.3 is 0 Å². The summed E-state index contributed by atoms with van der Waals surface area (Å²) < 4.78 is 0.857. The minimum atomic E-state index is 0.409. The van der Waals surface area contributed by atoms with Crippen molar-refractivity contribution in [3.63, 3.8) is 0 Å². The Morgan fingerprint density at radius 2 is 1.77 bits per heavy atom. The molecule has 0 fully saturated rings. The molecule has 0 atom stereocenters. The van der Waals surface area contributed by atoms with Crippen LogP contribution in [0.2, 0.25) is 0 Å². The van der Waals surface area contributed by atoms with E-state index in [0.29, 0.717) is 11.1 Å². The molecule has 0 bridgehead atoms. The molecule has 2 nitrogen and oxygen atoms in total. The first-order valence-electron chi connectivity index (χ1n) is 3.40. The number of nitrogens with zero attached hydrogens (tertiary/aromatic N) is 2. The molecule has 0 heterocycles. The molecule has 0 spiro atoms. The van der Waals surface area contributed by atoms with E-state index in [4.69, 9.17) is 10.5 Å². The molecule has 0 aliphatic carbocycles. The molecule has 13 heavy (non-hydrogen) atoms. The van der Waals surface area contributed by atoms with Crippen LogP contribution in [-0.4, -0.2) is 6.26 Å². The van der Waals surface area contributed by atoms with Crippen molar-refractivity contribution in [1.82, 2.24) is 0 Å². The molecule has 1 rings (SSSR count). The first kappa shape index (κ1) is 10.1. The SMILES string of the molecule is CSc1cc(C#N)c(C#N)cc1Br. The van der Waals surface area contributed by atoms with E-state index in [2.05, 4.69) is 15.9 Å². The third-order valence-corrected chi connectivity index (χ3v) is 3.23. The number of benzene rings is 1. The summed E-state index contributed by atoms with van der Waals surface area (Å²) in [6, 6.07) is 7.36. The van der Waals surface area contributed by atoms with Gasteiger partial charge in [0.05, 0.1) is 11.1 Å². The average molecular weight is 253 g/mol.